The third kappa shape index (κ3) is 1.71. The minimum atomic E-state index is -0.548. The molecule has 5 heteroatoms. The highest BCUT2D eigenvalue weighted by atomic mass is 16.1. The van der Waals surface area contributed by atoms with Crippen LogP contribution in [0.1, 0.15) is 10.5 Å². The summed E-state index contributed by atoms with van der Waals surface area (Å²) in [7, 11) is 1.78. The molecule has 1 amide bonds. The van der Waals surface area contributed by atoms with Crippen molar-refractivity contribution in [2.45, 2.75) is 0 Å². The van der Waals surface area contributed by atoms with Gasteiger partial charge in [-0.2, -0.15) is 0 Å². The Kier molecular flexibility index (Phi) is 2.21. The second kappa shape index (κ2) is 3.53. The summed E-state index contributed by atoms with van der Waals surface area (Å²) in [5.41, 5.74) is 6.06. The Morgan fingerprint density at radius 3 is 2.93 bits per heavy atom. The number of rotatable bonds is 2. The highest BCUT2D eigenvalue weighted by molar-refractivity contribution is 5.94. The van der Waals surface area contributed by atoms with Crippen LogP contribution in [0, 0.1) is 0 Å². The summed E-state index contributed by atoms with van der Waals surface area (Å²) in [6.07, 6.45) is 1.59. The molecule has 0 bridgehead atoms. The molecule has 0 aromatic carbocycles. The van der Waals surface area contributed by atoms with Crippen molar-refractivity contribution < 1.29 is 4.79 Å². The van der Waals surface area contributed by atoms with Gasteiger partial charge in [-0.15, -0.1) is 0 Å². The van der Waals surface area contributed by atoms with Crippen molar-refractivity contribution in [3.8, 4) is 0 Å². The quantitative estimate of drug-likeness (QED) is 0.753. The van der Waals surface area contributed by atoms with E-state index in [0.29, 0.717) is 5.52 Å². The molecule has 0 radical (unpaired) electrons. The molecule has 0 saturated carbocycles. The first kappa shape index (κ1) is 9.39. The van der Waals surface area contributed by atoms with Crippen LogP contribution in [0.2, 0.25) is 0 Å². The Morgan fingerprint density at radius 2 is 2.27 bits per heavy atom. The number of pyridine rings is 2. The molecule has 0 fully saturated rings. The van der Waals surface area contributed by atoms with Gasteiger partial charge < -0.3 is 11.1 Å². The van der Waals surface area contributed by atoms with Gasteiger partial charge in [-0.05, 0) is 18.2 Å². The van der Waals surface area contributed by atoms with Gasteiger partial charge in [0, 0.05) is 18.6 Å². The molecule has 2 rings (SSSR count). The topological polar surface area (TPSA) is 80.9 Å². The van der Waals surface area contributed by atoms with Gasteiger partial charge in [-0.25, -0.2) is 4.98 Å². The molecule has 2 aromatic heterocycles. The lowest BCUT2D eigenvalue weighted by Gasteiger charge is -2.02. The van der Waals surface area contributed by atoms with Crippen molar-refractivity contribution in [3.05, 3.63) is 30.1 Å². The van der Waals surface area contributed by atoms with Crippen molar-refractivity contribution in [2.24, 2.45) is 5.73 Å². The molecule has 3 N–H and O–H groups in total. The number of nitrogens with two attached hydrogens (primary N) is 1. The zero-order valence-electron chi connectivity index (χ0n) is 8.19. The van der Waals surface area contributed by atoms with Crippen LogP contribution in [-0.4, -0.2) is 22.9 Å². The van der Waals surface area contributed by atoms with E-state index in [-0.39, 0.29) is 5.69 Å². The second-order valence-electron chi connectivity index (χ2n) is 3.07. The first-order valence-corrected chi connectivity index (χ1v) is 4.45. The molecule has 2 heterocycles. The van der Waals surface area contributed by atoms with E-state index in [4.69, 9.17) is 5.73 Å². The minimum absolute atomic E-state index is 0.225. The van der Waals surface area contributed by atoms with Gasteiger partial charge in [0.05, 0.1) is 5.52 Å². The van der Waals surface area contributed by atoms with E-state index in [1.807, 2.05) is 12.1 Å². The van der Waals surface area contributed by atoms with Crippen LogP contribution in [0.4, 0.5) is 5.82 Å². The summed E-state index contributed by atoms with van der Waals surface area (Å²) >= 11 is 0. The van der Waals surface area contributed by atoms with E-state index in [9.17, 15) is 4.79 Å². The summed E-state index contributed by atoms with van der Waals surface area (Å²) in [5, 5.41) is 3.79. The number of amides is 1. The van der Waals surface area contributed by atoms with Gasteiger partial charge in [0.1, 0.15) is 11.5 Å². The average Bonchev–Trinajstić information content (AvgIpc) is 2.27. The zero-order valence-corrected chi connectivity index (χ0v) is 8.19. The lowest BCUT2D eigenvalue weighted by molar-refractivity contribution is 0.0996. The predicted octanol–water partition coefficient (Wildman–Crippen LogP) is 0.770. The Balaban J connectivity index is 2.62. The van der Waals surface area contributed by atoms with Crippen molar-refractivity contribution in [2.75, 3.05) is 12.4 Å². The molecule has 0 aliphatic rings. The van der Waals surface area contributed by atoms with Gasteiger partial charge in [0.2, 0.25) is 0 Å². The monoisotopic (exact) mass is 202 g/mol. The van der Waals surface area contributed by atoms with Crippen molar-refractivity contribution in [1.29, 1.82) is 0 Å². The third-order valence-electron chi connectivity index (χ3n) is 2.08. The lowest BCUT2D eigenvalue weighted by Crippen LogP contribution is -2.12. The van der Waals surface area contributed by atoms with Crippen LogP contribution < -0.4 is 11.1 Å². The number of hydrogen-bond acceptors (Lipinski definition) is 4. The largest absolute Gasteiger partial charge is 0.373 e. The molecule has 0 saturated heterocycles. The van der Waals surface area contributed by atoms with Gasteiger partial charge in [-0.3, -0.25) is 9.78 Å². The fourth-order valence-electron chi connectivity index (χ4n) is 1.29. The van der Waals surface area contributed by atoms with Crippen LogP contribution in [0.5, 0.6) is 0 Å². The van der Waals surface area contributed by atoms with Crippen LogP contribution in [0.15, 0.2) is 24.4 Å². The minimum Gasteiger partial charge on any atom is -0.373 e. The van der Waals surface area contributed by atoms with Crippen molar-refractivity contribution in [1.82, 2.24) is 9.97 Å². The van der Waals surface area contributed by atoms with Gasteiger partial charge in [0.15, 0.2) is 0 Å². The summed E-state index contributed by atoms with van der Waals surface area (Å²) < 4.78 is 0. The lowest BCUT2D eigenvalue weighted by atomic mass is 10.2. The summed E-state index contributed by atoms with van der Waals surface area (Å²) in [4.78, 5) is 19.1. The van der Waals surface area contributed by atoms with Crippen LogP contribution in [-0.2, 0) is 0 Å². The molecular formula is C10H10N4O. The smallest absolute Gasteiger partial charge is 0.267 e. The summed E-state index contributed by atoms with van der Waals surface area (Å²) in [5.74, 6) is 0.192. The molecule has 0 atom stereocenters. The number of aromatic nitrogens is 2. The highest BCUT2D eigenvalue weighted by Crippen LogP contribution is 2.14. The van der Waals surface area contributed by atoms with Gasteiger partial charge in [0.25, 0.3) is 5.91 Å². The molecule has 5 nitrogen and oxygen atoms in total. The standard InChI is InChI=1S/C10H10N4O/c1-12-9-3-2-6-5-13-8(10(11)15)4-7(6)14-9/h2-5H,1H3,(H2,11,15)(H,12,14). The number of carbonyl (C=O) groups excluding carboxylic acids is 1. The maximum absolute atomic E-state index is 10.9. The molecule has 76 valence electrons. The number of fused-ring (bicyclic) bond motifs is 1. The summed E-state index contributed by atoms with van der Waals surface area (Å²) in [6.45, 7) is 0. The Labute approximate surface area is 86.3 Å². The van der Waals surface area contributed by atoms with E-state index in [1.54, 1.807) is 19.3 Å². The number of hydrogen-bond donors (Lipinski definition) is 2. The van der Waals surface area contributed by atoms with E-state index in [0.717, 1.165) is 11.2 Å². The van der Waals surface area contributed by atoms with E-state index in [2.05, 4.69) is 15.3 Å². The number of carbonyl (C=O) groups is 1. The fraction of sp³-hybridized carbons (Fsp3) is 0.100. The first-order chi connectivity index (χ1) is 7.20. The predicted molar refractivity (Wildman–Crippen MR) is 57.6 cm³/mol. The van der Waals surface area contributed by atoms with Crippen LogP contribution in [0.3, 0.4) is 0 Å². The molecule has 0 aliphatic heterocycles. The molecule has 0 spiro atoms. The maximum Gasteiger partial charge on any atom is 0.267 e. The molecule has 0 unspecified atom stereocenters. The zero-order chi connectivity index (χ0) is 10.8. The SMILES string of the molecule is CNc1ccc2cnc(C(N)=O)cc2n1. The Hall–Kier alpha value is -2.17. The van der Waals surface area contributed by atoms with Crippen LogP contribution >= 0.6 is 0 Å². The molecule has 2 aromatic rings. The molecular weight excluding hydrogens is 192 g/mol. The van der Waals surface area contributed by atoms with Gasteiger partial charge >= 0.3 is 0 Å². The average molecular weight is 202 g/mol. The van der Waals surface area contributed by atoms with E-state index >= 15 is 0 Å². The second-order valence-corrected chi connectivity index (χ2v) is 3.07. The number of anilines is 1. The van der Waals surface area contributed by atoms with E-state index < -0.39 is 5.91 Å². The Bertz CT molecular complexity index is 524. The van der Waals surface area contributed by atoms with Crippen molar-refractivity contribution in [3.63, 3.8) is 0 Å². The van der Waals surface area contributed by atoms with E-state index in [1.165, 1.54) is 0 Å². The highest BCUT2D eigenvalue weighted by Gasteiger charge is 2.04. The first-order valence-electron chi connectivity index (χ1n) is 4.45. The van der Waals surface area contributed by atoms with Crippen molar-refractivity contribution >= 4 is 22.6 Å². The fourth-order valence-corrected chi connectivity index (χ4v) is 1.29. The molecule has 15 heavy (non-hydrogen) atoms. The Morgan fingerprint density at radius 1 is 1.47 bits per heavy atom. The molecule has 0 aliphatic carbocycles. The number of nitrogens with one attached hydrogen (secondary N) is 1. The number of nitrogens with zero attached hydrogens (tertiary/aromatic N) is 2. The maximum atomic E-state index is 10.9. The third-order valence-corrected chi connectivity index (χ3v) is 2.08. The number of primary amides is 1. The normalized spacial score (nSPS) is 10.2. The van der Waals surface area contributed by atoms with Crippen LogP contribution in [0.25, 0.3) is 10.9 Å². The summed E-state index contributed by atoms with van der Waals surface area (Å²) in [6, 6.07) is 5.30. The van der Waals surface area contributed by atoms with Gasteiger partial charge in [-0.1, -0.05) is 0 Å².